The second-order valence-electron chi connectivity index (χ2n) is 10.4. The number of methoxy groups -OCH3 is 1. The monoisotopic (exact) mass is 580 g/mol. The van der Waals surface area contributed by atoms with Gasteiger partial charge >= 0.3 is 5.97 Å². The highest BCUT2D eigenvalue weighted by atomic mass is 16.7. The van der Waals surface area contributed by atoms with E-state index in [-0.39, 0.29) is 30.2 Å². The lowest BCUT2D eigenvalue weighted by atomic mass is 10.1. The third-order valence-corrected chi connectivity index (χ3v) is 7.21. The van der Waals surface area contributed by atoms with Crippen LogP contribution in [0.4, 0.5) is 5.69 Å². The number of esters is 1. The summed E-state index contributed by atoms with van der Waals surface area (Å²) in [5.41, 5.74) is 2.25. The molecule has 0 bridgehead atoms. The number of carbonyl (C=O) groups is 5. The van der Waals surface area contributed by atoms with Gasteiger partial charge in [0, 0.05) is 25.2 Å². The lowest BCUT2D eigenvalue weighted by molar-refractivity contribution is -0.168. The van der Waals surface area contributed by atoms with Gasteiger partial charge in [-0.1, -0.05) is 30.3 Å². The molecule has 0 aliphatic carbocycles. The molecule has 0 aromatic heterocycles. The highest BCUT2D eigenvalue weighted by Crippen LogP contribution is 2.28. The van der Waals surface area contributed by atoms with Gasteiger partial charge < -0.3 is 35.1 Å². The minimum atomic E-state index is -0.944. The summed E-state index contributed by atoms with van der Waals surface area (Å²) in [6.45, 7) is 5.22. The Kier molecular flexibility index (Phi) is 9.79. The third-order valence-electron chi connectivity index (χ3n) is 7.21. The van der Waals surface area contributed by atoms with Crippen molar-refractivity contribution in [1.29, 1.82) is 0 Å². The Labute approximate surface area is 244 Å². The molecule has 4 unspecified atom stereocenters. The molecule has 4 amide bonds. The van der Waals surface area contributed by atoms with Gasteiger partial charge in [0.15, 0.2) is 0 Å². The fourth-order valence-electron chi connectivity index (χ4n) is 5.08. The van der Waals surface area contributed by atoms with Crippen LogP contribution in [0.3, 0.4) is 0 Å². The maximum atomic E-state index is 13.4. The molecular weight excluding hydrogens is 544 g/mol. The summed E-state index contributed by atoms with van der Waals surface area (Å²) < 4.78 is 16.4. The van der Waals surface area contributed by atoms with Crippen LogP contribution in [0.25, 0.3) is 0 Å². The van der Waals surface area contributed by atoms with Crippen molar-refractivity contribution in [2.75, 3.05) is 19.0 Å². The number of hydrogen-bond acceptors (Lipinski definition) is 8. The number of nitrogens with one attached hydrogen (secondary N) is 3. The summed E-state index contributed by atoms with van der Waals surface area (Å²) in [7, 11) is 1.40. The van der Waals surface area contributed by atoms with Gasteiger partial charge in [0.25, 0.3) is 5.91 Å². The minimum absolute atomic E-state index is 0.0414. The van der Waals surface area contributed by atoms with E-state index in [2.05, 4.69) is 16.0 Å². The van der Waals surface area contributed by atoms with Crippen molar-refractivity contribution < 1.29 is 38.2 Å². The second-order valence-corrected chi connectivity index (χ2v) is 10.4. The van der Waals surface area contributed by atoms with Crippen LogP contribution in [0, 0.1) is 6.92 Å². The highest BCUT2D eigenvalue weighted by molar-refractivity contribution is 6.01. The van der Waals surface area contributed by atoms with Crippen molar-refractivity contribution in [2.45, 2.75) is 71.1 Å². The number of carbonyl (C=O) groups excluding carboxylic acids is 5. The molecule has 4 atom stereocenters. The van der Waals surface area contributed by atoms with Gasteiger partial charge in [0.1, 0.15) is 23.9 Å². The van der Waals surface area contributed by atoms with Gasteiger partial charge in [0.2, 0.25) is 24.0 Å². The zero-order valence-corrected chi connectivity index (χ0v) is 24.1. The predicted octanol–water partition coefficient (Wildman–Crippen LogP) is 2.05. The molecule has 2 heterocycles. The van der Waals surface area contributed by atoms with Gasteiger partial charge in [-0.2, -0.15) is 0 Å². The van der Waals surface area contributed by atoms with Gasteiger partial charge in [-0.25, -0.2) is 0 Å². The van der Waals surface area contributed by atoms with Crippen molar-refractivity contribution in [1.82, 2.24) is 15.5 Å². The Balaban J connectivity index is 1.38. The Bertz CT molecular complexity index is 1350. The molecule has 0 saturated carbocycles. The van der Waals surface area contributed by atoms with Gasteiger partial charge in [-0.3, -0.25) is 24.0 Å². The van der Waals surface area contributed by atoms with Crippen molar-refractivity contribution in [3.8, 4) is 5.75 Å². The SMILES string of the molecule is COc1cc(NC(C)=O)c(C)cc1C(=O)NC(C)C(=O)N1CCCC1C(=O)NC1CC(=O)OC1OCc1ccccc1. The van der Waals surface area contributed by atoms with E-state index in [4.69, 9.17) is 14.2 Å². The molecule has 2 aromatic carbocycles. The van der Waals surface area contributed by atoms with Gasteiger partial charge in [-0.05, 0) is 43.9 Å². The van der Waals surface area contributed by atoms with E-state index in [1.54, 1.807) is 26.0 Å². The number of ether oxygens (including phenoxy) is 3. The molecule has 2 fully saturated rings. The summed E-state index contributed by atoms with van der Waals surface area (Å²) in [5.74, 6) is -1.88. The zero-order valence-electron chi connectivity index (χ0n) is 24.1. The lowest BCUT2D eigenvalue weighted by Crippen LogP contribution is -2.54. The first kappa shape index (κ1) is 30.5. The maximum Gasteiger partial charge on any atom is 0.310 e. The van der Waals surface area contributed by atoms with E-state index in [9.17, 15) is 24.0 Å². The maximum absolute atomic E-state index is 13.4. The first-order valence-electron chi connectivity index (χ1n) is 13.8. The van der Waals surface area contributed by atoms with E-state index in [1.165, 1.54) is 18.9 Å². The Morgan fingerprint density at radius 2 is 1.88 bits per heavy atom. The number of amides is 4. The number of hydrogen-bond donors (Lipinski definition) is 3. The van der Waals surface area contributed by atoms with Crippen LogP contribution in [0.15, 0.2) is 42.5 Å². The standard InChI is InChI=1S/C30H36N4O8/c1-17-13-21(25(40-4)14-22(17)32-19(3)35)27(37)31-18(2)29(39)34-12-8-11-24(34)28(38)33-23-15-26(36)42-30(23)41-16-20-9-6-5-7-10-20/h5-7,9-10,13-14,18,23-24,30H,8,11-12,15-16H2,1-4H3,(H,31,37)(H,32,35)(H,33,38). The van der Waals surface area contributed by atoms with Crippen molar-refractivity contribution in [3.05, 3.63) is 59.2 Å². The van der Waals surface area contributed by atoms with Gasteiger partial charge in [-0.15, -0.1) is 0 Å². The molecule has 3 N–H and O–H groups in total. The Morgan fingerprint density at radius 3 is 2.57 bits per heavy atom. The Morgan fingerprint density at radius 1 is 1.14 bits per heavy atom. The summed E-state index contributed by atoms with van der Waals surface area (Å²) >= 11 is 0. The van der Waals surface area contributed by atoms with Crippen molar-refractivity contribution in [2.24, 2.45) is 0 Å². The molecule has 12 nitrogen and oxygen atoms in total. The minimum Gasteiger partial charge on any atom is -0.496 e. The molecule has 0 spiro atoms. The molecule has 2 aromatic rings. The number of cyclic esters (lactones) is 1. The van der Waals surface area contributed by atoms with Crippen LogP contribution in [-0.4, -0.2) is 72.6 Å². The average molecular weight is 581 g/mol. The molecular formula is C30H36N4O8. The smallest absolute Gasteiger partial charge is 0.310 e. The van der Waals surface area contributed by atoms with Crippen LogP contribution < -0.4 is 20.7 Å². The molecule has 224 valence electrons. The predicted molar refractivity (Wildman–Crippen MR) is 151 cm³/mol. The average Bonchev–Trinajstić information content (AvgIpc) is 3.59. The molecule has 0 radical (unpaired) electrons. The van der Waals surface area contributed by atoms with Crippen LogP contribution in [0.2, 0.25) is 0 Å². The number of anilines is 1. The third kappa shape index (κ3) is 7.24. The number of benzene rings is 2. The first-order chi connectivity index (χ1) is 20.1. The van der Waals surface area contributed by atoms with Crippen LogP contribution in [0.5, 0.6) is 5.75 Å². The summed E-state index contributed by atoms with van der Waals surface area (Å²) in [5, 5.41) is 8.22. The topological polar surface area (TPSA) is 152 Å². The lowest BCUT2D eigenvalue weighted by Gasteiger charge is -2.28. The van der Waals surface area contributed by atoms with Gasteiger partial charge in [0.05, 0.1) is 25.7 Å². The van der Waals surface area contributed by atoms with E-state index < -0.39 is 48.1 Å². The van der Waals surface area contributed by atoms with Crippen LogP contribution >= 0.6 is 0 Å². The summed E-state index contributed by atoms with van der Waals surface area (Å²) in [6, 6.07) is 10.1. The second kappa shape index (κ2) is 13.5. The molecule has 2 aliphatic rings. The molecule has 2 saturated heterocycles. The van der Waals surface area contributed by atoms with E-state index in [1.807, 2.05) is 30.3 Å². The Hall–Kier alpha value is -4.45. The fourth-order valence-corrected chi connectivity index (χ4v) is 5.08. The molecule has 42 heavy (non-hydrogen) atoms. The first-order valence-corrected chi connectivity index (χ1v) is 13.8. The quantitative estimate of drug-likeness (QED) is 0.361. The number of rotatable bonds is 10. The number of likely N-dealkylation sites (tertiary alicyclic amines) is 1. The molecule has 2 aliphatic heterocycles. The normalized spacial score (nSPS) is 20.4. The molecule has 12 heteroatoms. The van der Waals surface area contributed by atoms with E-state index in [0.29, 0.717) is 30.6 Å². The molecule has 4 rings (SSSR count). The largest absolute Gasteiger partial charge is 0.496 e. The highest BCUT2D eigenvalue weighted by Gasteiger charge is 2.41. The summed E-state index contributed by atoms with van der Waals surface area (Å²) in [6.07, 6.45) is 0.0597. The zero-order chi connectivity index (χ0) is 30.4. The van der Waals surface area contributed by atoms with Crippen LogP contribution in [-0.2, 0) is 35.3 Å². The number of nitrogens with zero attached hydrogens (tertiary/aromatic N) is 1. The van der Waals surface area contributed by atoms with E-state index in [0.717, 1.165) is 5.56 Å². The van der Waals surface area contributed by atoms with Crippen LogP contribution in [0.1, 0.15) is 54.6 Å². The van der Waals surface area contributed by atoms with Crippen molar-refractivity contribution in [3.63, 3.8) is 0 Å². The number of aryl methyl sites for hydroxylation is 1. The van der Waals surface area contributed by atoms with E-state index >= 15 is 0 Å². The van der Waals surface area contributed by atoms with Crippen molar-refractivity contribution >= 4 is 35.3 Å². The summed E-state index contributed by atoms with van der Waals surface area (Å²) in [4.78, 5) is 64.7. The fraction of sp³-hybridized carbons (Fsp3) is 0.433.